The van der Waals surface area contributed by atoms with E-state index in [1.165, 1.54) is 19.3 Å². The fourth-order valence-corrected chi connectivity index (χ4v) is 2.13. The summed E-state index contributed by atoms with van der Waals surface area (Å²) < 4.78 is 39.9. The van der Waals surface area contributed by atoms with Crippen LogP contribution in [0.4, 0.5) is 13.2 Å². The molecule has 0 spiro atoms. The molecule has 0 fully saturated rings. The predicted octanol–water partition coefficient (Wildman–Crippen LogP) is 2.40. The standard InChI is InChI=1S/C14H13F3N2O2/c1-3-19-7-10(13(21)18-2)12(20)9-6-8(14(15,16)17)4-5-11(9)19/h4-7H,3H2,1-2H3,(H,18,21). The second kappa shape index (κ2) is 5.23. The van der Waals surface area contributed by atoms with Crippen LogP contribution < -0.4 is 10.7 Å². The lowest BCUT2D eigenvalue weighted by atomic mass is 10.1. The second-order valence-corrected chi connectivity index (χ2v) is 4.47. The Kier molecular flexibility index (Phi) is 3.76. The Morgan fingerprint density at radius 2 is 2.00 bits per heavy atom. The summed E-state index contributed by atoms with van der Waals surface area (Å²) in [5, 5.41) is 2.19. The highest BCUT2D eigenvalue weighted by molar-refractivity contribution is 5.97. The van der Waals surface area contributed by atoms with Crippen LogP contribution in [-0.4, -0.2) is 17.5 Å². The molecule has 0 radical (unpaired) electrons. The van der Waals surface area contributed by atoms with E-state index in [-0.39, 0.29) is 10.9 Å². The third-order valence-corrected chi connectivity index (χ3v) is 3.22. The highest BCUT2D eigenvalue weighted by Gasteiger charge is 2.31. The number of amides is 1. The highest BCUT2D eigenvalue weighted by Crippen LogP contribution is 2.30. The first kappa shape index (κ1) is 15.1. The zero-order chi connectivity index (χ0) is 15.8. The van der Waals surface area contributed by atoms with Crippen molar-refractivity contribution in [2.75, 3.05) is 7.05 Å². The van der Waals surface area contributed by atoms with Crippen LogP contribution in [0.2, 0.25) is 0 Å². The number of aromatic nitrogens is 1. The van der Waals surface area contributed by atoms with Gasteiger partial charge in [-0.2, -0.15) is 13.2 Å². The van der Waals surface area contributed by atoms with E-state index in [4.69, 9.17) is 0 Å². The van der Waals surface area contributed by atoms with Crippen molar-refractivity contribution >= 4 is 16.8 Å². The molecule has 0 aliphatic heterocycles. The van der Waals surface area contributed by atoms with Gasteiger partial charge in [0.1, 0.15) is 5.56 Å². The molecule has 0 bridgehead atoms. The van der Waals surface area contributed by atoms with Gasteiger partial charge in [0.05, 0.1) is 11.1 Å². The maximum atomic E-state index is 12.8. The van der Waals surface area contributed by atoms with Crippen molar-refractivity contribution in [1.29, 1.82) is 0 Å². The molecule has 0 saturated heterocycles. The van der Waals surface area contributed by atoms with E-state index in [2.05, 4.69) is 5.32 Å². The summed E-state index contributed by atoms with van der Waals surface area (Å²) in [5.74, 6) is -0.624. The minimum Gasteiger partial charge on any atom is -0.355 e. The molecule has 21 heavy (non-hydrogen) atoms. The lowest BCUT2D eigenvalue weighted by molar-refractivity contribution is -0.137. The maximum absolute atomic E-state index is 12.8. The molecule has 1 aromatic heterocycles. The molecule has 1 heterocycles. The molecular formula is C14H13F3N2O2. The average molecular weight is 298 g/mol. The van der Waals surface area contributed by atoms with E-state index < -0.39 is 23.1 Å². The number of carbonyl (C=O) groups excluding carboxylic acids is 1. The van der Waals surface area contributed by atoms with Gasteiger partial charge in [-0.15, -0.1) is 0 Å². The third-order valence-electron chi connectivity index (χ3n) is 3.22. The van der Waals surface area contributed by atoms with Crippen molar-refractivity contribution < 1.29 is 18.0 Å². The fourth-order valence-electron chi connectivity index (χ4n) is 2.13. The molecular weight excluding hydrogens is 285 g/mol. The number of benzene rings is 1. The Labute approximate surface area is 118 Å². The number of hydrogen-bond donors (Lipinski definition) is 1. The van der Waals surface area contributed by atoms with Gasteiger partial charge in [0.2, 0.25) is 5.43 Å². The summed E-state index contributed by atoms with van der Waals surface area (Å²) in [6.07, 6.45) is -3.18. The summed E-state index contributed by atoms with van der Waals surface area (Å²) in [6, 6.07) is 2.96. The molecule has 0 aliphatic rings. The number of carbonyl (C=O) groups is 1. The number of nitrogens with zero attached hydrogens (tertiary/aromatic N) is 1. The molecule has 112 valence electrons. The van der Waals surface area contributed by atoms with Crippen molar-refractivity contribution in [2.45, 2.75) is 19.6 Å². The van der Waals surface area contributed by atoms with Gasteiger partial charge in [-0.05, 0) is 25.1 Å². The minimum absolute atomic E-state index is 0.118. The van der Waals surface area contributed by atoms with Crippen molar-refractivity contribution in [3.63, 3.8) is 0 Å². The van der Waals surface area contributed by atoms with Gasteiger partial charge in [-0.3, -0.25) is 9.59 Å². The SMILES string of the molecule is CCn1cc(C(=O)NC)c(=O)c2cc(C(F)(F)F)ccc21. The first-order chi connectivity index (χ1) is 9.79. The van der Waals surface area contributed by atoms with Gasteiger partial charge >= 0.3 is 6.18 Å². The first-order valence-corrected chi connectivity index (χ1v) is 6.26. The predicted molar refractivity (Wildman–Crippen MR) is 72.3 cm³/mol. The van der Waals surface area contributed by atoms with E-state index in [9.17, 15) is 22.8 Å². The van der Waals surface area contributed by atoms with Gasteiger partial charge in [0, 0.05) is 25.2 Å². The lowest BCUT2D eigenvalue weighted by Crippen LogP contribution is -2.27. The number of pyridine rings is 1. The number of hydrogen-bond acceptors (Lipinski definition) is 2. The zero-order valence-corrected chi connectivity index (χ0v) is 11.4. The van der Waals surface area contributed by atoms with Gasteiger partial charge in [-0.25, -0.2) is 0 Å². The molecule has 0 aliphatic carbocycles. The first-order valence-electron chi connectivity index (χ1n) is 6.26. The average Bonchev–Trinajstić information content (AvgIpc) is 2.45. The normalized spacial score (nSPS) is 11.7. The number of nitrogens with one attached hydrogen (secondary N) is 1. The molecule has 2 aromatic rings. The third kappa shape index (κ3) is 2.63. The van der Waals surface area contributed by atoms with Crippen molar-refractivity contribution in [3.05, 3.63) is 45.7 Å². The summed E-state index contributed by atoms with van der Waals surface area (Å²) >= 11 is 0. The van der Waals surface area contributed by atoms with Crippen LogP contribution in [-0.2, 0) is 12.7 Å². The molecule has 1 amide bonds. The van der Waals surface area contributed by atoms with Crippen LogP contribution in [0.1, 0.15) is 22.8 Å². The molecule has 2 rings (SSSR count). The summed E-state index contributed by atoms with van der Waals surface area (Å²) in [6.45, 7) is 2.20. The highest BCUT2D eigenvalue weighted by atomic mass is 19.4. The smallest absolute Gasteiger partial charge is 0.355 e. The van der Waals surface area contributed by atoms with E-state index in [1.807, 2.05) is 0 Å². The number of rotatable bonds is 2. The zero-order valence-electron chi connectivity index (χ0n) is 11.4. The van der Waals surface area contributed by atoms with Gasteiger partial charge in [0.15, 0.2) is 0 Å². The van der Waals surface area contributed by atoms with E-state index in [1.54, 1.807) is 11.5 Å². The fraction of sp³-hybridized carbons (Fsp3) is 0.286. The van der Waals surface area contributed by atoms with E-state index in [0.717, 1.165) is 12.1 Å². The van der Waals surface area contributed by atoms with Crippen LogP contribution in [0.15, 0.2) is 29.2 Å². The van der Waals surface area contributed by atoms with Crippen LogP contribution in [0.5, 0.6) is 0 Å². The Balaban J connectivity index is 2.85. The number of fused-ring (bicyclic) bond motifs is 1. The van der Waals surface area contributed by atoms with Crippen molar-refractivity contribution in [3.8, 4) is 0 Å². The monoisotopic (exact) mass is 298 g/mol. The minimum atomic E-state index is -4.54. The second-order valence-electron chi connectivity index (χ2n) is 4.47. The molecule has 1 N–H and O–H groups in total. The van der Waals surface area contributed by atoms with E-state index >= 15 is 0 Å². The number of alkyl halides is 3. The Morgan fingerprint density at radius 1 is 1.33 bits per heavy atom. The molecule has 7 heteroatoms. The van der Waals surface area contributed by atoms with Crippen molar-refractivity contribution in [2.24, 2.45) is 0 Å². The quantitative estimate of drug-likeness (QED) is 0.925. The maximum Gasteiger partial charge on any atom is 0.416 e. The summed E-state index contributed by atoms with van der Waals surface area (Å²) in [5.41, 5.74) is -1.43. The van der Waals surface area contributed by atoms with Crippen LogP contribution in [0.25, 0.3) is 10.9 Å². The van der Waals surface area contributed by atoms with Gasteiger partial charge < -0.3 is 9.88 Å². The van der Waals surface area contributed by atoms with Crippen LogP contribution in [0.3, 0.4) is 0 Å². The molecule has 0 saturated carbocycles. The Morgan fingerprint density at radius 3 is 2.52 bits per heavy atom. The molecule has 0 atom stereocenters. The lowest BCUT2D eigenvalue weighted by Gasteiger charge is -2.13. The van der Waals surface area contributed by atoms with E-state index in [0.29, 0.717) is 12.1 Å². The topological polar surface area (TPSA) is 51.1 Å². The van der Waals surface area contributed by atoms with Gasteiger partial charge in [-0.1, -0.05) is 0 Å². The van der Waals surface area contributed by atoms with Crippen molar-refractivity contribution in [1.82, 2.24) is 9.88 Å². The van der Waals surface area contributed by atoms with Crippen LogP contribution in [0, 0.1) is 0 Å². The largest absolute Gasteiger partial charge is 0.416 e. The summed E-state index contributed by atoms with van der Waals surface area (Å²) in [4.78, 5) is 23.9. The summed E-state index contributed by atoms with van der Waals surface area (Å²) in [7, 11) is 1.36. The Hall–Kier alpha value is -2.31. The van der Waals surface area contributed by atoms with Crippen LogP contribution >= 0.6 is 0 Å². The van der Waals surface area contributed by atoms with Gasteiger partial charge in [0.25, 0.3) is 5.91 Å². The molecule has 1 aromatic carbocycles. The molecule has 4 nitrogen and oxygen atoms in total. The molecule has 0 unspecified atom stereocenters. The number of halogens is 3. The number of aryl methyl sites for hydroxylation is 1. The Bertz CT molecular complexity index is 763.